The first-order valence-corrected chi connectivity index (χ1v) is 11.3. The number of hydrogen-bond acceptors (Lipinski definition) is 5. The second kappa shape index (κ2) is 7.48. The molecule has 0 bridgehead atoms. The van der Waals surface area contributed by atoms with E-state index in [4.69, 9.17) is 4.42 Å². The molecule has 1 atom stereocenters. The third-order valence-electron chi connectivity index (χ3n) is 5.30. The largest absolute Gasteiger partial charge is 0.455 e. The minimum atomic E-state index is -3.00. The van der Waals surface area contributed by atoms with Gasteiger partial charge in [-0.25, -0.2) is 8.42 Å². The zero-order chi connectivity index (χ0) is 20.6. The lowest BCUT2D eigenvalue weighted by molar-refractivity contribution is 0.0949. The molecular weight excluding hydrogens is 390 g/mol. The summed E-state index contributed by atoms with van der Waals surface area (Å²) in [6.07, 6.45) is 0.546. The number of rotatable bonds is 4. The molecule has 1 saturated heterocycles. The van der Waals surface area contributed by atoms with Crippen molar-refractivity contribution in [2.24, 2.45) is 5.92 Å². The van der Waals surface area contributed by atoms with E-state index in [2.05, 4.69) is 5.32 Å². The Balaban J connectivity index is 1.70. The number of hydrogen-bond donors (Lipinski definition) is 1. The number of para-hydroxylation sites is 1. The van der Waals surface area contributed by atoms with Crippen molar-refractivity contribution in [1.29, 1.82) is 0 Å². The molecule has 0 aliphatic carbocycles. The summed E-state index contributed by atoms with van der Waals surface area (Å²) in [6, 6.07) is 14.2. The Hall–Kier alpha value is -2.93. The maximum Gasteiger partial charge on any atom is 0.255 e. The van der Waals surface area contributed by atoms with Gasteiger partial charge in [0.2, 0.25) is 0 Å². The smallest absolute Gasteiger partial charge is 0.255 e. The molecule has 29 heavy (non-hydrogen) atoms. The van der Waals surface area contributed by atoms with Crippen molar-refractivity contribution in [2.75, 3.05) is 18.1 Å². The highest BCUT2D eigenvalue weighted by Crippen LogP contribution is 2.27. The van der Waals surface area contributed by atoms with Gasteiger partial charge in [0.25, 0.3) is 5.91 Å². The van der Waals surface area contributed by atoms with E-state index >= 15 is 0 Å². The van der Waals surface area contributed by atoms with Crippen LogP contribution in [0.15, 0.2) is 57.7 Å². The quantitative estimate of drug-likeness (QED) is 0.712. The molecule has 1 aliphatic rings. The van der Waals surface area contributed by atoms with Crippen LogP contribution in [0.2, 0.25) is 0 Å². The molecule has 1 aromatic heterocycles. The second-order valence-electron chi connectivity index (χ2n) is 7.41. The Morgan fingerprint density at radius 2 is 1.90 bits per heavy atom. The lowest BCUT2D eigenvalue weighted by Gasteiger charge is -2.12. The fraction of sp³-hybridized carbons (Fsp3) is 0.273. The first-order chi connectivity index (χ1) is 13.9. The Labute approximate surface area is 168 Å². The van der Waals surface area contributed by atoms with Gasteiger partial charge in [-0.05, 0) is 31.4 Å². The number of nitrogens with one attached hydrogen (secondary N) is 1. The van der Waals surface area contributed by atoms with E-state index in [0.29, 0.717) is 23.1 Å². The fourth-order valence-corrected chi connectivity index (χ4v) is 5.58. The van der Waals surface area contributed by atoms with Crippen molar-refractivity contribution >= 4 is 26.7 Å². The minimum Gasteiger partial charge on any atom is -0.455 e. The SMILES string of the molecule is Cc1c(-c2ccccc2)oc2c(C(=O)NC[C@H]3CCS(=O)(=O)C3)cccc2c1=O. The van der Waals surface area contributed by atoms with Gasteiger partial charge in [-0.1, -0.05) is 36.4 Å². The number of benzene rings is 2. The van der Waals surface area contributed by atoms with Gasteiger partial charge in [-0.2, -0.15) is 0 Å². The third kappa shape index (κ3) is 3.82. The molecule has 7 heteroatoms. The van der Waals surface area contributed by atoms with Gasteiger partial charge in [-0.3, -0.25) is 9.59 Å². The number of sulfone groups is 1. The van der Waals surface area contributed by atoms with Crippen molar-refractivity contribution in [3.63, 3.8) is 0 Å². The first kappa shape index (κ1) is 19.4. The van der Waals surface area contributed by atoms with E-state index in [9.17, 15) is 18.0 Å². The molecule has 2 heterocycles. The van der Waals surface area contributed by atoms with E-state index < -0.39 is 9.84 Å². The molecule has 1 N–H and O–H groups in total. The van der Waals surface area contributed by atoms with Crippen LogP contribution in [0.25, 0.3) is 22.3 Å². The Bertz CT molecular complexity index is 1250. The molecule has 150 valence electrons. The highest BCUT2D eigenvalue weighted by atomic mass is 32.2. The zero-order valence-corrected chi connectivity index (χ0v) is 16.8. The maximum absolute atomic E-state index is 12.9. The number of fused-ring (bicyclic) bond motifs is 1. The summed E-state index contributed by atoms with van der Waals surface area (Å²) in [4.78, 5) is 25.7. The van der Waals surface area contributed by atoms with Crippen molar-refractivity contribution in [3.05, 3.63) is 69.9 Å². The van der Waals surface area contributed by atoms with Crippen molar-refractivity contribution in [2.45, 2.75) is 13.3 Å². The van der Waals surface area contributed by atoms with Crippen LogP contribution in [0.5, 0.6) is 0 Å². The topological polar surface area (TPSA) is 93.4 Å². The van der Waals surface area contributed by atoms with E-state index in [1.54, 1.807) is 25.1 Å². The van der Waals surface area contributed by atoms with Crippen LogP contribution in [-0.2, 0) is 9.84 Å². The van der Waals surface area contributed by atoms with Gasteiger partial charge >= 0.3 is 0 Å². The van der Waals surface area contributed by atoms with Gasteiger partial charge in [0.05, 0.1) is 22.5 Å². The van der Waals surface area contributed by atoms with E-state index in [1.807, 2.05) is 30.3 Å². The van der Waals surface area contributed by atoms with Gasteiger partial charge in [0.15, 0.2) is 20.8 Å². The van der Waals surface area contributed by atoms with Crippen LogP contribution < -0.4 is 10.7 Å². The molecule has 0 unspecified atom stereocenters. The predicted octanol–water partition coefficient (Wildman–Crippen LogP) is 2.93. The van der Waals surface area contributed by atoms with Gasteiger partial charge in [0, 0.05) is 17.7 Å². The predicted molar refractivity (Wildman–Crippen MR) is 112 cm³/mol. The first-order valence-electron chi connectivity index (χ1n) is 9.46. The molecular formula is C22H21NO5S. The Kier molecular flexibility index (Phi) is 5.00. The number of carbonyl (C=O) groups is 1. The molecule has 4 rings (SSSR count). The van der Waals surface area contributed by atoms with Crippen molar-refractivity contribution in [1.82, 2.24) is 5.32 Å². The normalized spacial score (nSPS) is 18.0. The van der Waals surface area contributed by atoms with Crippen molar-refractivity contribution < 1.29 is 17.6 Å². The van der Waals surface area contributed by atoms with Crippen LogP contribution in [0, 0.1) is 12.8 Å². The summed E-state index contributed by atoms with van der Waals surface area (Å²) >= 11 is 0. The van der Waals surface area contributed by atoms with E-state index in [-0.39, 0.29) is 46.5 Å². The summed E-state index contributed by atoms with van der Waals surface area (Å²) < 4.78 is 29.3. The van der Waals surface area contributed by atoms with Crippen LogP contribution in [0.1, 0.15) is 22.3 Å². The molecule has 1 fully saturated rings. The van der Waals surface area contributed by atoms with Gasteiger partial charge < -0.3 is 9.73 Å². The molecule has 6 nitrogen and oxygen atoms in total. The number of amides is 1. The summed E-state index contributed by atoms with van der Waals surface area (Å²) in [5.41, 5.74) is 1.56. The van der Waals surface area contributed by atoms with Crippen LogP contribution in [0.3, 0.4) is 0 Å². The molecule has 1 amide bonds. The third-order valence-corrected chi connectivity index (χ3v) is 7.14. The van der Waals surface area contributed by atoms with Crippen LogP contribution in [-0.4, -0.2) is 32.4 Å². The molecule has 0 spiro atoms. The highest BCUT2D eigenvalue weighted by Gasteiger charge is 2.28. The summed E-state index contributed by atoms with van der Waals surface area (Å²) in [5, 5.41) is 3.14. The summed E-state index contributed by atoms with van der Waals surface area (Å²) in [7, 11) is -3.00. The van der Waals surface area contributed by atoms with Gasteiger partial charge in [0.1, 0.15) is 5.76 Å². The highest BCUT2D eigenvalue weighted by molar-refractivity contribution is 7.91. The number of carbonyl (C=O) groups excluding carboxylic acids is 1. The molecule has 1 aliphatic heterocycles. The zero-order valence-electron chi connectivity index (χ0n) is 16.0. The van der Waals surface area contributed by atoms with Crippen LogP contribution >= 0.6 is 0 Å². The molecule has 0 radical (unpaired) electrons. The standard InChI is InChI=1S/C22H21NO5S/c1-14-19(24)17-8-5-9-18(21(17)28-20(14)16-6-3-2-4-7-16)22(25)23-12-15-10-11-29(26,27)13-15/h2-9,15H,10-13H2,1H3,(H,23,25)/t15-/m1/s1. The maximum atomic E-state index is 12.9. The monoisotopic (exact) mass is 411 g/mol. The second-order valence-corrected chi connectivity index (χ2v) is 9.64. The lowest BCUT2D eigenvalue weighted by atomic mass is 10.0. The lowest BCUT2D eigenvalue weighted by Crippen LogP contribution is -2.30. The summed E-state index contributed by atoms with van der Waals surface area (Å²) in [5.74, 6) is 0.218. The molecule has 3 aromatic rings. The fourth-order valence-electron chi connectivity index (χ4n) is 3.72. The Morgan fingerprint density at radius 1 is 1.14 bits per heavy atom. The summed E-state index contributed by atoms with van der Waals surface area (Å²) in [6.45, 7) is 1.98. The van der Waals surface area contributed by atoms with Crippen molar-refractivity contribution in [3.8, 4) is 11.3 Å². The van der Waals surface area contributed by atoms with Gasteiger partial charge in [-0.15, -0.1) is 0 Å². The average molecular weight is 411 g/mol. The Morgan fingerprint density at radius 3 is 2.59 bits per heavy atom. The van der Waals surface area contributed by atoms with E-state index in [1.165, 1.54) is 0 Å². The van der Waals surface area contributed by atoms with E-state index in [0.717, 1.165) is 5.56 Å². The minimum absolute atomic E-state index is 0.0898. The molecule has 2 aromatic carbocycles. The molecule has 0 saturated carbocycles. The average Bonchev–Trinajstić information content (AvgIpc) is 3.07. The van der Waals surface area contributed by atoms with Crippen LogP contribution in [0.4, 0.5) is 0 Å².